The maximum atomic E-state index is 15.1. The number of alkyl halides is 2. The lowest BCUT2D eigenvalue weighted by Gasteiger charge is -2.46. The van der Waals surface area contributed by atoms with Crippen LogP contribution in [0.25, 0.3) is 0 Å². The molecule has 3 amide bonds. The molecule has 318 valence electrons. The van der Waals surface area contributed by atoms with Gasteiger partial charge in [-0.05, 0) is 69.1 Å². The first-order chi connectivity index (χ1) is 29.1. The number of halogens is 4. The van der Waals surface area contributed by atoms with Crippen molar-refractivity contribution in [3.05, 3.63) is 77.9 Å². The molecule has 5 aliphatic rings. The van der Waals surface area contributed by atoms with Crippen molar-refractivity contribution in [2.75, 3.05) is 67.5 Å². The number of benzene rings is 1. The number of hydrogen-bond donors (Lipinski definition) is 2. The summed E-state index contributed by atoms with van der Waals surface area (Å²) in [5.74, 6) is -2.80. The molecule has 0 unspecified atom stereocenters. The van der Waals surface area contributed by atoms with Crippen molar-refractivity contribution < 1.29 is 36.4 Å². The van der Waals surface area contributed by atoms with Crippen LogP contribution in [0.3, 0.4) is 0 Å². The van der Waals surface area contributed by atoms with Gasteiger partial charge in [-0.1, -0.05) is 0 Å². The number of nitrogens with zero attached hydrogens (tertiary/aromatic N) is 8. The molecule has 3 aromatic heterocycles. The highest BCUT2D eigenvalue weighted by Crippen LogP contribution is 2.40. The Balaban J connectivity index is 0.783. The number of carbonyl (C=O) groups excluding carboxylic acids is 3. The van der Waals surface area contributed by atoms with Crippen LogP contribution in [0.1, 0.15) is 91.5 Å². The molecule has 3 aliphatic heterocycles. The van der Waals surface area contributed by atoms with E-state index in [1.807, 2.05) is 4.90 Å². The van der Waals surface area contributed by atoms with Crippen LogP contribution >= 0.6 is 0 Å². The predicted molar refractivity (Wildman–Crippen MR) is 212 cm³/mol. The smallest absolute Gasteiger partial charge is 0.284 e. The van der Waals surface area contributed by atoms with E-state index in [0.29, 0.717) is 48.2 Å². The summed E-state index contributed by atoms with van der Waals surface area (Å²) in [5, 5.41) is 9.86. The van der Waals surface area contributed by atoms with Crippen LogP contribution in [0.5, 0.6) is 0 Å². The third kappa shape index (κ3) is 8.48. The SMILES string of the molecule is O=C1CC[C@H](c2c(F)cc(N3CC(CN4CCN(C5CCC(n6cc(N(C(=O)c7cocn7)c7ccnc(NCC8CC8)c7)c(C(F)F)n6)CC5)CC4)C3)cc2F)C(=O)N1. The number of imide groups is 1. The fourth-order valence-electron chi connectivity index (χ4n) is 9.25. The first kappa shape index (κ1) is 40.1. The highest BCUT2D eigenvalue weighted by atomic mass is 19.3. The van der Waals surface area contributed by atoms with Crippen molar-refractivity contribution in [1.82, 2.24) is 34.9 Å². The molecule has 9 rings (SSSR count). The molecular weight excluding hydrogens is 785 g/mol. The molecule has 0 radical (unpaired) electrons. The fraction of sp³-hybridized carbons (Fsp3) is 0.524. The van der Waals surface area contributed by atoms with Gasteiger partial charge in [0.25, 0.3) is 12.3 Å². The van der Waals surface area contributed by atoms with E-state index in [-0.39, 0.29) is 35.8 Å². The van der Waals surface area contributed by atoms with E-state index in [1.54, 1.807) is 29.2 Å². The summed E-state index contributed by atoms with van der Waals surface area (Å²) in [4.78, 5) is 54.1. The number of anilines is 4. The Kier molecular flexibility index (Phi) is 11.3. The number of pyridine rings is 1. The molecule has 1 aromatic carbocycles. The maximum Gasteiger partial charge on any atom is 0.284 e. The summed E-state index contributed by atoms with van der Waals surface area (Å²) in [6, 6.07) is 6.12. The number of hydrogen-bond acceptors (Lipinski definition) is 11. The molecule has 6 heterocycles. The second kappa shape index (κ2) is 17.0. The Bertz CT molecular complexity index is 2170. The number of carbonyl (C=O) groups is 3. The van der Waals surface area contributed by atoms with Crippen LogP contribution in [-0.2, 0) is 9.59 Å². The molecule has 2 saturated carbocycles. The Labute approximate surface area is 344 Å². The summed E-state index contributed by atoms with van der Waals surface area (Å²) in [6.45, 7) is 6.62. The van der Waals surface area contributed by atoms with Gasteiger partial charge >= 0.3 is 0 Å². The molecule has 3 saturated heterocycles. The number of piperidine rings is 1. The van der Waals surface area contributed by atoms with E-state index in [1.165, 1.54) is 23.3 Å². The Morgan fingerprint density at radius 1 is 0.933 bits per heavy atom. The quantitative estimate of drug-likeness (QED) is 0.120. The number of aromatic nitrogens is 4. The van der Waals surface area contributed by atoms with Gasteiger partial charge in [0.05, 0.1) is 23.3 Å². The molecule has 1 atom stereocenters. The molecule has 2 N–H and O–H groups in total. The highest BCUT2D eigenvalue weighted by molar-refractivity contribution is 6.10. The number of piperazine rings is 1. The number of amides is 3. The molecule has 60 heavy (non-hydrogen) atoms. The number of oxazole rings is 1. The number of rotatable bonds is 13. The van der Waals surface area contributed by atoms with Crippen molar-refractivity contribution in [2.24, 2.45) is 11.8 Å². The maximum absolute atomic E-state index is 15.1. The van der Waals surface area contributed by atoms with Crippen molar-refractivity contribution >= 4 is 40.6 Å². The molecule has 5 fully saturated rings. The second-order valence-electron chi connectivity index (χ2n) is 16.8. The molecule has 2 aliphatic carbocycles. The molecular formula is C42H48F4N10O4. The lowest BCUT2D eigenvalue weighted by molar-refractivity contribution is -0.134. The van der Waals surface area contributed by atoms with Crippen molar-refractivity contribution in [1.29, 1.82) is 0 Å². The monoisotopic (exact) mass is 832 g/mol. The van der Waals surface area contributed by atoms with Gasteiger partial charge in [0.2, 0.25) is 11.8 Å². The Morgan fingerprint density at radius 2 is 1.67 bits per heavy atom. The minimum absolute atomic E-state index is 0.00724. The van der Waals surface area contributed by atoms with E-state index >= 15 is 8.78 Å². The summed E-state index contributed by atoms with van der Waals surface area (Å²) in [7, 11) is 0. The van der Waals surface area contributed by atoms with Gasteiger partial charge in [0.15, 0.2) is 17.8 Å². The largest absolute Gasteiger partial charge is 0.451 e. The van der Waals surface area contributed by atoms with Gasteiger partial charge < -0.3 is 19.5 Å². The standard InChI is InChI=1S/C42H48F4N10O4/c43-32-15-30(16-33(44)38(32)31-7-8-37(57)50-41(31)58)54-20-26(21-54)19-52-11-13-53(14-12-52)27-3-5-28(6-4-27)55-22-35(39(51-55)40(45)46)56(42(59)34-23-60-24-49-34)29-9-10-47-36(17-29)48-18-25-1-2-25/h9-10,15-17,22-28,31,40H,1-8,11-14,18-21H2,(H,47,48)(H,50,57,58)/t27?,28?,31-/m1/s1. The summed E-state index contributed by atoms with van der Waals surface area (Å²) in [5.41, 5.74) is 0.0189. The first-order valence-corrected chi connectivity index (χ1v) is 20.9. The Hall–Kier alpha value is -5.36. The van der Waals surface area contributed by atoms with Gasteiger partial charge in [-0.25, -0.2) is 27.5 Å². The third-order valence-electron chi connectivity index (χ3n) is 12.8. The fourth-order valence-corrected chi connectivity index (χ4v) is 9.25. The summed E-state index contributed by atoms with van der Waals surface area (Å²) in [6.07, 6.45) is 8.20. The lowest BCUT2D eigenvalue weighted by Crippen LogP contribution is -2.56. The summed E-state index contributed by atoms with van der Waals surface area (Å²) >= 11 is 0. The van der Waals surface area contributed by atoms with Crippen LogP contribution in [0, 0.1) is 23.5 Å². The average Bonchev–Trinajstić information content (AvgIpc) is 3.68. The van der Waals surface area contributed by atoms with E-state index in [4.69, 9.17) is 4.42 Å². The van der Waals surface area contributed by atoms with Gasteiger partial charge in [0, 0.05) is 100 Å². The zero-order valence-electron chi connectivity index (χ0n) is 33.1. The topological polar surface area (TPSA) is 145 Å². The van der Waals surface area contributed by atoms with Crippen LogP contribution in [-0.4, -0.2) is 106 Å². The zero-order chi connectivity index (χ0) is 41.5. The first-order valence-electron chi connectivity index (χ1n) is 20.9. The average molecular weight is 833 g/mol. The second-order valence-corrected chi connectivity index (χ2v) is 16.8. The molecule has 4 aromatic rings. The molecule has 18 heteroatoms. The number of nitrogens with one attached hydrogen (secondary N) is 2. The summed E-state index contributed by atoms with van der Waals surface area (Å²) < 4.78 is 66.3. The lowest BCUT2D eigenvalue weighted by atomic mass is 9.89. The molecule has 0 bridgehead atoms. The van der Waals surface area contributed by atoms with Crippen molar-refractivity contribution in [2.45, 2.75) is 75.8 Å². The normalized spacial score (nSPS) is 23.1. The Morgan fingerprint density at radius 3 is 2.33 bits per heavy atom. The van der Waals surface area contributed by atoms with Crippen LogP contribution < -0.4 is 20.4 Å². The minimum Gasteiger partial charge on any atom is -0.451 e. The van der Waals surface area contributed by atoms with E-state index in [2.05, 4.69) is 35.5 Å². The van der Waals surface area contributed by atoms with E-state index in [0.717, 1.165) is 84.2 Å². The van der Waals surface area contributed by atoms with Crippen LogP contribution in [0.4, 0.5) is 40.4 Å². The molecule has 14 nitrogen and oxygen atoms in total. The third-order valence-corrected chi connectivity index (χ3v) is 12.8. The minimum atomic E-state index is -2.93. The molecule has 0 spiro atoms. The zero-order valence-corrected chi connectivity index (χ0v) is 33.1. The van der Waals surface area contributed by atoms with Crippen LogP contribution in [0.2, 0.25) is 0 Å². The van der Waals surface area contributed by atoms with Crippen molar-refractivity contribution in [3.8, 4) is 0 Å². The van der Waals surface area contributed by atoms with Crippen molar-refractivity contribution in [3.63, 3.8) is 0 Å². The van der Waals surface area contributed by atoms with Gasteiger partial charge in [-0.3, -0.25) is 34.2 Å². The van der Waals surface area contributed by atoms with E-state index in [9.17, 15) is 23.2 Å². The van der Waals surface area contributed by atoms with Gasteiger partial charge in [-0.15, -0.1) is 0 Å². The van der Waals surface area contributed by atoms with E-state index < -0.39 is 47.4 Å². The van der Waals surface area contributed by atoms with Gasteiger partial charge in [0.1, 0.15) is 23.7 Å². The highest BCUT2D eigenvalue weighted by Gasteiger charge is 2.37. The van der Waals surface area contributed by atoms with Gasteiger partial charge in [-0.2, -0.15) is 5.10 Å². The van der Waals surface area contributed by atoms with Crippen LogP contribution in [0.15, 0.2) is 53.7 Å². The predicted octanol–water partition coefficient (Wildman–Crippen LogP) is 6.04.